The highest BCUT2D eigenvalue weighted by Gasteiger charge is 2.16. The van der Waals surface area contributed by atoms with Crippen LogP contribution in [0.1, 0.15) is 49.7 Å². The lowest BCUT2D eigenvalue weighted by Crippen LogP contribution is -2.22. The van der Waals surface area contributed by atoms with E-state index in [0.29, 0.717) is 12.0 Å². The van der Waals surface area contributed by atoms with Crippen LogP contribution in [0.15, 0.2) is 18.3 Å². The summed E-state index contributed by atoms with van der Waals surface area (Å²) in [7, 11) is 0. The Balaban J connectivity index is 2.33. The largest absolute Gasteiger partial charge is 0.310 e. The minimum absolute atomic E-state index is 0.439. The molecule has 4 heteroatoms. The molecule has 0 saturated heterocycles. The zero-order chi connectivity index (χ0) is 14.7. The van der Waals surface area contributed by atoms with Crippen LogP contribution in [0, 0.1) is 6.92 Å². The van der Waals surface area contributed by atoms with E-state index in [0.717, 1.165) is 17.2 Å². The number of hydrogen-bond acceptors (Lipinski definition) is 4. The Morgan fingerprint density at radius 3 is 2.60 bits per heavy atom. The minimum Gasteiger partial charge on any atom is -0.310 e. The first-order valence-electron chi connectivity index (χ1n) is 7.13. The molecular weight excluding hydrogens is 266 g/mol. The molecule has 0 spiro atoms. The van der Waals surface area contributed by atoms with E-state index < -0.39 is 0 Å². The van der Waals surface area contributed by atoms with Crippen LogP contribution in [0.5, 0.6) is 0 Å². The fourth-order valence-corrected chi connectivity index (χ4v) is 3.14. The molecule has 108 valence electrons. The Labute approximate surface area is 125 Å². The molecule has 0 aliphatic rings. The van der Waals surface area contributed by atoms with Crippen LogP contribution in [0.3, 0.4) is 0 Å². The molecule has 0 aliphatic carbocycles. The molecule has 2 heterocycles. The van der Waals surface area contributed by atoms with Gasteiger partial charge in [0, 0.05) is 23.7 Å². The van der Waals surface area contributed by atoms with E-state index in [1.54, 1.807) is 11.3 Å². The molecule has 2 aromatic heterocycles. The number of hydrogen-bond donors (Lipinski definition) is 1. The molecule has 3 nitrogen and oxygen atoms in total. The van der Waals surface area contributed by atoms with Crippen molar-refractivity contribution in [3.8, 4) is 10.7 Å². The van der Waals surface area contributed by atoms with Gasteiger partial charge in [-0.1, -0.05) is 27.7 Å². The average Bonchev–Trinajstić information content (AvgIpc) is 2.80. The van der Waals surface area contributed by atoms with Gasteiger partial charge < -0.3 is 5.32 Å². The zero-order valence-electron chi connectivity index (χ0n) is 12.9. The van der Waals surface area contributed by atoms with E-state index in [9.17, 15) is 0 Å². The standard InChI is InChI=1S/C16H23N3S/c1-10(2)15-14(9-18-11(3)4)20-16(19-15)13-8-12(5)6-7-17-13/h6-8,10-11,18H,9H2,1-5H3. The maximum absolute atomic E-state index is 4.82. The molecule has 2 aromatic rings. The smallest absolute Gasteiger partial charge is 0.142 e. The van der Waals surface area contributed by atoms with Gasteiger partial charge in [0.2, 0.25) is 0 Å². The Hall–Kier alpha value is -1.26. The molecule has 0 saturated carbocycles. The first kappa shape index (κ1) is 15.1. The Morgan fingerprint density at radius 2 is 2.00 bits per heavy atom. The molecule has 20 heavy (non-hydrogen) atoms. The summed E-state index contributed by atoms with van der Waals surface area (Å²) in [6, 6.07) is 4.60. The summed E-state index contributed by atoms with van der Waals surface area (Å²) in [6.07, 6.45) is 1.85. The Kier molecular flexibility index (Phi) is 4.89. The number of thiazole rings is 1. The van der Waals surface area contributed by atoms with Crippen molar-refractivity contribution >= 4 is 11.3 Å². The molecule has 1 N–H and O–H groups in total. The topological polar surface area (TPSA) is 37.8 Å². The second kappa shape index (κ2) is 6.46. The first-order chi connectivity index (χ1) is 9.47. The molecule has 0 aliphatic heterocycles. The number of nitrogens with zero attached hydrogens (tertiary/aromatic N) is 2. The lowest BCUT2D eigenvalue weighted by Gasteiger charge is -2.09. The number of aryl methyl sites for hydroxylation is 1. The van der Waals surface area contributed by atoms with Crippen molar-refractivity contribution in [1.82, 2.24) is 15.3 Å². The summed E-state index contributed by atoms with van der Waals surface area (Å²) < 4.78 is 0. The van der Waals surface area contributed by atoms with Gasteiger partial charge in [-0.15, -0.1) is 11.3 Å². The number of pyridine rings is 1. The fraction of sp³-hybridized carbons (Fsp3) is 0.500. The van der Waals surface area contributed by atoms with E-state index in [4.69, 9.17) is 4.98 Å². The van der Waals surface area contributed by atoms with E-state index in [1.807, 2.05) is 12.3 Å². The molecule has 2 rings (SSSR count). The molecule has 0 atom stereocenters. The monoisotopic (exact) mass is 289 g/mol. The third-order valence-electron chi connectivity index (χ3n) is 3.08. The maximum Gasteiger partial charge on any atom is 0.142 e. The van der Waals surface area contributed by atoms with Crippen molar-refractivity contribution in [2.24, 2.45) is 0 Å². The summed E-state index contributed by atoms with van der Waals surface area (Å²) >= 11 is 1.76. The van der Waals surface area contributed by atoms with Crippen LogP contribution in [0.2, 0.25) is 0 Å². The van der Waals surface area contributed by atoms with Gasteiger partial charge in [0.05, 0.1) is 11.4 Å². The average molecular weight is 289 g/mol. The number of nitrogens with one attached hydrogen (secondary N) is 1. The highest BCUT2D eigenvalue weighted by molar-refractivity contribution is 7.15. The van der Waals surface area contributed by atoms with Gasteiger partial charge in [-0.2, -0.15) is 0 Å². The number of rotatable bonds is 5. The molecule has 0 radical (unpaired) electrons. The molecule has 0 aromatic carbocycles. The second-order valence-electron chi connectivity index (χ2n) is 5.74. The van der Waals surface area contributed by atoms with Crippen LogP contribution in [-0.4, -0.2) is 16.0 Å². The maximum atomic E-state index is 4.82. The number of aromatic nitrogens is 2. The predicted molar refractivity (Wildman–Crippen MR) is 86.1 cm³/mol. The van der Waals surface area contributed by atoms with Gasteiger partial charge >= 0.3 is 0 Å². The SMILES string of the molecule is Cc1ccnc(-c2nc(C(C)C)c(CNC(C)C)s2)c1. The molecule has 0 amide bonds. The van der Waals surface area contributed by atoms with Crippen LogP contribution < -0.4 is 5.32 Å². The summed E-state index contributed by atoms with van der Waals surface area (Å²) in [5, 5.41) is 4.51. The van der Waals surface area contributed by atoms with Crippen LogP contribution in [0.4, 0.5) is 0 Å². The van der Waals surface area contributed by atoms with Crippen molar-refractivity contribution in [1.29, 1.82) is 0 Å². The van der Waals surface area contributed by atoms with Gasteiger partial charge in [-0.25, -0.2) is 4.98 Å². The van der Waals surface area contributed by atoms with Crippen molar-refractivity contribution in [2.45, 2.75) is 53.1 Å². The zero-order valence-corrected chi connectivity index (χ0v) is 13.7. The van der Waals surface area contributed by atoms with Gasteiger partial charge in [0.25, 0.3) is 0 Å². The molecule has 0 fully saturated rings. The fourth-order valence-electron chi connectivity index (χ4n) is 2.00. The van der Waals surface area contributed by atoms with Gasteiger partial charge in [0.15, 0.2) is 0 Å². The van der Waals surface area contributed by atoms with Crippen molar-refractivity contribution in [3.63, 3.8) is 0 Å². The van der Waals surface area contributed by atoms with Crippen molar-refractivity contribution in [2.75, 3.05) is 0 Å². The van der Waals surface area contributed by atoms with E-state index in [1.165, 1.54) is 16.1 Å². The third-order valence-corrected chi connectivity index (χ3v) is 4.17. The summed E-state index contributed by atoms with van der Waals surface area (Å²) in [5.41, 5.74) is 3.40. The Bertz CT molecular complexity index is 573. The third kappa shape index (κ3) is 3.64. The van der Waals surface area contributed by atoms with Gasteiger partial charge in [0.1, 0.15) is 5.01 Å². The molecule has 0 unspecified atom stereocenters. The summed E-state index contributed by atoms with van der Waals surface area (Å²) in [4.78, 5) is 10.6. The van der Waals surface area contributed by atoms with Gasteiger partial charge in [-0.05, 0) is 30.5 Å². The Morgan fingerprint density at radius 1 is 1.25 bits per heavy atom. The van der Waals surface area contributed by atoms with Crippen LogP contribution >= 0.6 is 11.3 Å². The highest BCUT2D eigenvalue weighted by Crippen LogP contribution is 2.31. The minimum atomic E-state index is 0.439. The van der Waals surface area contributed by atoms with Crippen LogP contribution in [-0.2, 0) is 6.54 Å². The van der Waals surface area contributed by atoms with Crippen molar-refractivity contribution in [3.05, 3.63) is 34.5 Å². The normalized spacial score (nSPS) is 11.6. The van der Waals surface area contributed by atoms with E-state index in [-0.39, 0.29) is 0 Å². The lowest BCUT2D eigenvalue weighted by molar-refractivity contribution is 0.588. The second-order valence-corrected chi connectivity index (χ2v) is 6.82. The quantitative estimate of drug-likeness (QED) is 0.899. The first-order valence-corrected chi connectivity index (χ1v) is 7.95. The lowest BCUT2D eigenvalue weighted by atomic mass is 10.1. The van der Waals surface area contributed by atoms with E-state index >= 15 is 0 Å². The summed E-state index contributed by atoms with van der Waals surface area (Å²) in [6.45, 7) is 11.7. The molecular formula is C16H23N3S. The van der Waals surface area contributed by atoms with Crippen molar-refractivity contribution < 1.29 is 0 Å². The predicted octanol–water partition coefficient (Wildman–Crippen LogP) is 4.13. The van der Waals surface area contributed by atoms with Gasteiger partial charge in [-0.3, -0.25) is 4.98 Å². The van der Waals surface area contributed by atoms with E-state index in [2.05, 4.69) is 51.0 Å². The summed E-state index contributed by atoms with van der Waals surface area (Å²) in [5.74, 6) is 0.439. The molecule has 0 bridgehead atoms. The highest BCUT2D eigenvalue weighted by atomic mass is 32.1. The van der Waals surface area contributed by atoms with Crippen LogP contribution in [0.25, 0.3) is 10.7 Å².